The van der Waals surface area contributed by atoms with Crippen LogP contribution in [0.15, 0.2) is 47.3 Å². The highest BCUT2D eigenvalue weighted by atomic mass is 16.6. The zero-order valence-electron chi connectivity index (χ0n) is 10.7. The highest BCUT2D eigenvalue weighted by Crippen LogP contribution is 2.27. The number of fused-ring (bicyclic) bond motifs is 1. The number of nitrogens with zero attached hydrogens (tertiary/aromatic N) is 2. The number of benzene rings is 1. The smallest absolute Gasteiger partial charge is 0.269 e. The second-order valence-electron chi connectivity index (χ2n) is 4.48. The van der Waals surface area contributed by atoms with Gasteiger partial charge in [0.1, 0.15) is 11.5 Å². The first-order valence-electron chi connectivity index (χ1n) is 6.09. The predicted molar refractivity (Wildman–Crippen MR) is 78.9 cm³/mol. The molecule has 0 bridgehead atoms. The number of nitro benzene ring substituents is 1. The fourth-order valence-electron chi connectivity index (χ4n) is 2.15. The van der Waals surface area contributed by atoms with Crippen LogP contribution in [0.5, 0.6) is 0 Å². The number of pyridine rings is 2. The minimum Gasteiger partial charge on any atom is -0.384 e. The number of aromatic amines is 1. The molecule has 7 nitrogen and oxygen atoms in total. The van der Waals surface area contributed by atoms with Gasteiger partial charge < -0.3 is 10.7 Å². The topological polar surface area (TPSA) is 115 Å². The van der Waals surface area contributed by atoms with E-state index in [-0.39, 0.29) is 11.2 Å². The van der Waals surface area contributed by atoms with Crippen molar-refractivity contribution in [2.75, 3.05) is 5.73 Å². The Morgan fingerprint density at radius 1 is 1.14 bits per heavy atom. The Hall–Kier alpha value is -3.22. The highest BCUT2D eigenvalue weighted by molar-refractivity contribution is 5.93. The van der Waals surface area contributed by atoms with Crippen LogP contribution in [0.2, 0.25) is 0 Å². The minimum absolute atomic E-state index is 0.00438. The van der Waals surface area contributed by atoms with Crippen LogP contribution in [0.25, 0.3) is 22.2 Å². The van der Waals surface area contributed by atoms with E-state index in [0.717, 1.165) is 5.39 Å². The molecule has 0 aliphatic rings. The number of nitrogens with two attached hydrogens (primary N) is 1. The Labute approximate surface area is 118 Å². The van der Waals surface area contributed by atoms with Gasteiger partial charge >= 0.3 is 0 Å². The maximum atomic E-state index is 11.7. The summed E-state index contributed by atoms with van der Waals surface area (Å²) in [6.45, 7) is 0. The van der Waals surface area contributed by atoms with E-state index >= 15 is 0 Å². The number of hydrogen-bond acceptors (Lipinski definition) is 5. The lowest BCUT2D eigenvalue weighted by molar-refractivity contribution is -0.384. The van der Waals surface area contributed by atoms with E-state index in [2.05, 4.69) is 9.97 Å². The molecule has 3 N–H and O–H groups in total. The number of nitrogens with one attached hydrogen (secondary N) is 1. The molecule has 0 amide bonds. The second kappa shape index (κ2) is 4.71. The fourth-order valence-corrected chi connectivity index (χ4v) is 2.15. The van der Waals surface area contributed by atoms with E-state index in [0.29, 0.717) is 22.6 Å². The van der Waals surface area contributed by atoms with E-state index in [1.54, 1.807) is 24.3 Å². The third-order valence-electron chi connectivity index (χ3n) is 3.11. The lowest BCUT2D eigenvalue weighted by atomic mass is 10.0. The quantitative estimate of drug-likeness (QED) is 0.551. The molecule has 0 spiro atoms. The van der Waals surface area contributed by atoms with Crippen molar-refractivity contribution in [2.45, 2.75) is 0 Å². The number of nitro groups is 1. The van der Waals surface area contributed by atoms with Gasteiger partial charge in [0.05, 0.1) is 4.92 Å². The second-order valence-corrected chi connectivity index (χ2v) is 4.48. The number of anilines is 1. The standard InChI is InChI=1S/C14H10N4O3/c15-12-6-5-10-11(7-13(19)17-14(10)16-12)8-1-3-9(4-2-8)18(20)21/h1-7H,(H3,15,16,17,19). The molecular formula is C14H10N4O3. The van der Waals surface area contributed by atoms with Gasteiger partial charge in [-0.15, -0.1) is 0 Å². The Balaban J connectivity index is 2.24. The molecule has 1 aromatic carbocycles. The van der Waals surface area contributed by atoms with Crippen LogP contribution in [0.1, 0.15) is 0 Å². The van der Waals surface area contributed by atoms with Crippen molar-refractivity contribution < 1.29 is 4.92 Å². The monoisotopic (exact) mass is 282 g/mol. The van der Waals surface area contributed by atoms with E-state index in [4.69, 9.17) is 5.73 Å². The van der Waals surface area contributed by atoms with Crippen molar-refractivity contribution in [3.05, 3.63) is 62.9 Å². The van der Waals surface area contributed by atoms with Gasteiger partial charge in [-0.1, -0.05) is 0 Å². The van der Waals surface area contributed by atoms with Gasteiger partial charge in [-0.05, 0) is 35.4 Å². The fraction of sp³-hybridized carbons (Fsp3) is 0. The molecule has 0 radical (unpaired) electrons. The van der Waals surface area contributed by atoms with Crippen molar-refractivity contribution in [3.8, 4) is 11.1 Å². The molecule has 0 unspecified atom stereocenters. The van der Waals surface area contributed by atoms with E-state index < -0.39 is 4.92 Å². The summed E-state index contributed by atoms with van der Waals surface area (Å²) in [4.78, 5) is 28.6. The first kappa shape index (κ1) is 12.8. The number of aromatic nitrogens is 2. The van der Waals surface area contributed by atoms with Crippen molar-refractivity contribution in [3.63, 3.8) is 0 Å². The molecule has 7 heteroatoms. The molecular weight excluding hydrogens is 272 g/mol. The van der Waals surface area contributed by atoms with Crippen molar-refractivity contribution >= 4 is 22.5 Å². The summed E-state index contributed by atoms with van der Waals surface area (Å²) in [6.07, 6.45) is 0. The lowest BCUT2D eigenvalue weighted by Crippen LogP contribution is -2.06. The first-order valence-corrected chi connectivity index (χ1v) is 6.09. The number of rotatable bonds is 2. The summed E-state index contributed by atoms with van der Waals surface area (Å²) in [5.74, 6) is 0.305. The molecule has 3 aromatic rings. The van der Waals surface area contributed by atoms with Crippen molar-refractivity contribution in [1.29, 1.82) is 0 Å². The van der Waals surface area contributed by atoms with Crippen LogP contribution in [0.3, 0.4) is 0 Å². The maximum Gasteiger partial charge on any atom is 0.269 e. The van der Waals surface area contributed by atoms with Crippen LogP contribution in [0.4, 0.5) is 11.5 Å². The SMILES string of the molecule is Nc1ccc2c(-c3ccc([N+](=O)[O-])cc3)cc(=O)[nH]c2n1. The molecule has 0 saturated heterocycles. The average Bonchev–Trinajstić information content (AvgIpc) is 2.46. The largest absolute Gasteiger partial charge is 0.384 e. The predicted octanol–water partition coefficient (Wildman–Crippen LogP) is 2.08. The Morgan fingerprint density at radius 3 is 2.52 bits per heavy atom. The van der Waals surface area contributed by atoms with Crippen LogP contribution >= 0.6 is 0 Å². The van der Waals surface area contributed by atoms with E-state index in [1.165, 1.54) is 18.2 Å². The molecule has 0 atom stereocenters. The number of nitrogen functional groups attached to an aromatic ring is 1. The summed E-state index contributed by atoms with van der Waals surface area (Å²) in [5, 5.41) is 11.4. The molecule has 2 aromatic heterocycles. The van der Waals surface area contributed by atoms with Gasteiger partial charge in [0, 0.05) is 23.6 Å². The van der Waals surface area contributed by atoms with Gasteiger partial charge in [-0.25, -0.2) is 4.98 Å². The first-order chi connectivity index (χ1) is 10.0. The van der Waals surface area contributed by atoms with Gasteiger partial charge in [0.2, 0.25) is 5.56 Å². The Bertz CT molecular complexity index is 900. The third-order valence-corrected chi connectivity index (χ3v) is 3.11. The van der Waals surface area contributed by atoms with E-state index in [9.17, 15) is 14.9 Å². The van der Waals surface area contributed by atoms with Crippen LogP contribution in [-0.2, 0) is 0 Å². The van der Waals surface area contributed by atoms with Crippen molar-refractivity contribution in [1.82, 2.24) is 9.97 Å². The molecule has 0 aliphatic carbocycles. The summed E-state index contributed by atoms with van der Waals surface area (Å²) in [5.41, 5.74) is 7.02. The Morgan fingerprint density at radius 2 is 1.86 bits per heavy atom. The zero-order chi connectivity index (χ0) is 15.0. The minimum atomic E-state index is -0.470. The number of non-ortho nitro benzene ring substituents is 1. The lowest BCUT2D eigenvalue weighted by Gasteiger charge is -2.06. The van der Waals surface area contributed by atoms with Gasteiger partial charge in [-0.2, -0.15) is 0 Å². The summed E-state index contributed by atoms with van der Waals surface area (Å²) in [6, 6.07) is 10.8. The summed E-state index contributed by atoms with van der Waals surface area (Å²) < 4.78 is 0. The Kier molecular flexibility index (Phi) is 2.87. The molecule has 3 rings (SSSR count). The number of H-pyrrole nitrogens is 1. The van der Waals surface area contributed by atoms with Gasteiger partial charge in [0.15, 0.2) is 0 Å². The zero-order valence-corrected chi connectivity index (χ0v) is 10.7. The highest BCUT2D eigenvalue weighted by Gasteiger charge is 2.10. The van der Waals surface area contributed by atoms with Crippen LogP contribution in [0, 0.1) is 10.1 Å². The van der Waals surface area contributed by atoms with Gasteiger partial charge in [-0.3, -0.25) is 14.9 Å². The molecule has 0 fully saturated rings. The van der Waals surface area contributed by atoms with Crippen LogP contribution < -0.4 is 11.3 Å². The summed E-state index contributed by atoms with van der Waals surface area (Å²) in [7, 11) is 0. The molecule has 2 heterocycles. The maximum absolute atomic E-state index is 11.7. The van der Waals surface area contributed by atoms with Crippen LogP contribution in [-0.4, -0.2) is 14.9 Å². The number of hydrogen-bond donors (Lipinski definition) is 2. The third kappa shape index (κ3) is 2.32. The van der Waals surface area contributed by atoms with E-state index in [1.807, 2.05) is 0 Å². The average molecular weight is 282 g/mol. The normalized spacial score (nSPS) is 10.7. The summed E-state index contributed by atoms with van der Waals surface area (Å²) >= 11 is 0. The molecule has 104 valence electrons. The molecule has 21 heavy (non-hydrogen) atoms. The molecule has 0 saturated carbocycles. The molecule has 0 aliphatic heterocycles. The van der Waals surface area contributed by atoms with Crippen molar-refractivity contribution in [2.24, 2.45) is 0 Å². The van der Waals surface area contributed by atoms with Gasteiger partial charge in [0.25, 0.3) is 5.69 Å².